The van der Waals surface area contributed by atoms with Crippen LogP contribution in [0.15, 0.2) is 0 Å². The smallest absolute Gasteiger partial charge is 0.146 e. The lowest BCUT2D eigenvalue weighted by Gasteiger charge is -2.32. The Labute approximate surface area is 97.1 Å². The van der Waals surface area contributed by atoms with Gasteiger partial charge in [-0.15, -0.1) is 0 Å². The molecule has 1 atom stereocenters. The molecule has 16 heavy (non-hydrogen) atoms. The topological polar surface area (TPSA) is 41.9 Å². The molecule has 88 valence electrons. The molecule has 0 radical (unpaired) electrons. The first-order chi connectivity index (χ1) is 7.65. The summed E-state index contributed by atoms with van der Waals surface area (Å²) in [6, 6.07) is 0.658. The molecule has 1 aromatic rings. The maximum atomic E-state index is 4.40. The minimum Gasteiger partial charge on any atom is -0.293 e. The molecule has 2 rings (SSSR count). The van der Waals surface area contributed by atoms with Crippen LogP contribution in [0.4, 0.5) is 0 Å². The number of likely N-dealkylation sites (tertiary alicyclic amines) is 1. The number of nitrogens with zero attached hydrogens (tertiary/aromatic N) is 4. The summed E-state index contributed by atoms with van der Waals surface area (Å²) in [4.78, 5) is 15.5. The molecule has 0 spiro atoms. The minimum atomic E-state index is 0.658. The average molecular weight is 220 g/mol. The van der Waals surface area contributed by atoms with Gasteiger partial charge in [-0.25, -0.2) is 15.0 Å². The van der Waals surface area contributed by atoms with Crippen LogP contribution in [0.3, 0.4) is 0 Å². The van der Waals surface area contributed by atoms with Crippen LogP contribution >= 0.6 is 0 Å². The first kappa shape index (κ1) is 11.5. The summed E-state index contributed by atoms with van der Waals surface area (Å²) in [5.41, 5.74) is 0. The van der Waals surface area contributed by atoms with E-state index in [1.54, 1.807) is 0 Å². The average Bonchev–Trinajstić information content (AvgIpc) is 2.20. The Morgan fingerprint density at radius 2 is 1.81 bits per heavy atom. The zero-order valence-corrected chi connectivity index (χ0v) is 10.4. The lowest BCUT2D eigenvalue weighted by Crippen LogP contribution is -2.37. The Balaban J connectivity index is 2.07. The van der Waals surface area contributed by atoms with Crippen molar-refractivity contribution in [3.05, 3.63) is 17.5 Å². The van der Waals surface area contributed by atoms with Crippen molar-refractivity contribution < 1.29 is 0 Å². The van der Waals surface area contributed by atoms with Gasteiger partial charge >= 0.3 is 0 Å². The molecule has 2 heterocycles. The van der Waals surface area contributed by atoms with E-state index in [0.717, 1.165) is 24.0 Å². The third-order valence-electron chi connectivity index (χ3n) is 3.19. The van der Waals surface area contributed by atoms with Gasteiger partial charge in [0.2, 0.25) is 0 Å². The van der Waals surface area contributed by atoms with E-state index in [4.69, 9.17) is 0 Å². The number of rotatable bonds is 2. The second-order valence-corrected chi connectivity index (χ2v) is 4.66. The van der Waals surface area contributed by atoms with Crippen LogP contribution in [-0.4, -0.2) is 32.4 Å². The molecular formula is C12H20N4. The zero-order chi connectivity index (χ0) is 11.5. The summed E-state index contributed by atoms with van der Waals surface area (Å²) in [5.74, 6) is 2.57. The van der Waals surface area contributed by atoms with Crippen molar-refractivity contribution in [2.45, 2.75) is 52.6 Å². The molecule has 1 saturated heterocycles. The molecule has 0 amide bonds. The SMILES string of the molecule is Cc1nc(C)nc(CN2CCCCC2C)n1. The molecule has 1 aromatic heterocycles. The highest BCUT2D eigenvalue weighted by molar-refractivity contribution is 4.95. The van der Waals surface area contributed by atoms with Crippen LogP contribution in [0, 0.1) is 13.8 Å². The summed E-state index contributed by atoms with van der Waals surface area (Å²) >= 11 is 0. The first-order valence-electron chi connectivity index (χ1n) is 6.07. The Hall–Kier alpha value is -1.03. The van der Waals surface area contributed by atoms with Crippen molar-refractivity contribution in [2.24, 2.45) is 0 Å². The Morgan fingerprint density at radius 1 is 1.12 bits per heavy atom. The second kappa shape index (κ2) is 4.87. The summed E-state index contributed by atoms with van der Waals surface area (Å²) in [6.45, 7) is 8.19. The summed E-state index contributed by atoms with van der Waals surface area (Å²) < 4.78 is 0. The Morgan fingerprint density at radius 3 is 2.44 bits per heavy atom. The molecular weight excluding hydrogens is 200 g/mol. The van der Waals surface area contributed by atoms with Gasteiger partial charge < -0.3 is 0 Å². The van der Waals surface area contributed by atoms with Gasteiger partial charge in [-0.2, -0.15) is 0 Å². The number of piperidine rings is 1. The van der Waals surface area contributed by atoms with Crippen molar-refractivity contribution in [1.29, 1.82) is 0 Å². The predicted molar refractivity (Wildman–Crippen MR) is 63.0 cm³/mol. The van der Waals surface area contributed by atoms with Gasteiger partial charge in [-0.3, -0.25) is 4.90 Å². The van der Waals surface area contributed by atoms with Crippen LogP contribution in [0.25, 0.3) is 0 Å². The largest absolute Gasteiger partial charge is 0.293 e. The van der Waals surface area contributed by atoms with Crippen LogP contribution in [-0.2, 0) is 6.54 Å². The lowest BCUT2D eigenvalue weighted by atomic mass is 10.0. The quantitative estimate of drug-likeness (QED) is 0.763. The van der Waals surface area contributed by atoms with Gasteiger partial charge in [0.05, 0.1) is 6.54 Å². The van der Waals surface area contributed by atoms with Crippen molar-refractivity contribution in [1.82, 2.24) is 19.9 Å². The fourth-order valence-corrected chi connectivity index (χ4v) is 2.33. The predicted octanol–water partition coefficient (Wildman–Crippen LogP) is 1.86. The summed E-state index contributed by atoms with van der Waals surface area (Å²) in [7, 11) is 0. The fourth-order valence-electron chi connectivity index (χ4n) is 2.33. The van der Waals surface area contributed by atoms with Gasteiger partial charge in [0.25, 0.3) is 0 Å². The summed E-state index contributed by atoms with van der Waals surface area (Å²) in [6.07, 6.45) is 3.95. The normalized spacial score (nSPS) is 22.3. The summed E-state index contributed by atoms with van der Waals surface area (Å²) in [5, 5.41) is 0. The van der Waals surface area contributed by atoms with E-state index < -0.39 is 0 Å². The highest BCUT2D eigenvalue weighted by atomic mass is 15.2. The molecule has 4 heteroatoms. The second-order valence-electron chi connectivity index (χ2n) is 4.66. The maximum absolute atomic E-state index is 4.40. The number of hydrogen-bond donors (Lipinski definition) is 0. The van der Waals surface area contributed by atoms with Crippen LogP contribution < -0.4 is 0 Å². The van der Waals surface area contributed by atoms with Gasteiger partial charge in [0.15, 0.2) is 0 Å². The number of aromatic nitrogens is 3. The van der Waals surface area contributed by atoms with E-state index in [-0.39, 0.29) is 0 Å². The molecule has 0 N–H and O–H groups in total. The van der Waals surface area contributed by atoms with E-state index in [1.807, 2.05) is 13.8 Å². The van der Waals surface area contributed by atoms with Crippen molar-refractivity contribution >= 4 is 0 Å². The van der Waals surface area contributed by atoms with Gasteiger partial charge in [0.1, 0.15) is 17.5 Å². The van der Waals surface area contributed by atoms with Gasteiger partial charge in [-0.05, 0) is 40.2 Å². The van der Waals surface area contributed by atoms with Crippen LogP contribution in [0.1, 0.15) is 43.7 Å². The zero-order valence-electron chi connectivity index (χ0n) is 10.4. The number of hydrogen-bond acceptors (Lipinski definition) is 4. The van der Waals surface area contributed by atoms with E-state index in [1.165, 1.54) is 25.8 Å². The van der Waals surface area contributed by atoms with E-state index in [9.17, 15) is 0 Å². The monoisotopic (exact) mass is 220 g/mol. The minimum absolute atomic E-state index is 0.658. The molecule has 4 nitrogen and oxygen atoms in total. The molecule has 1 unspecified atom stereocenters. The van der Waals surface area contributed by atoms with Crippen molar-refractivity contribution in [3.63, 3.8) is 0 Å². The lowest BCUT2D eigenvalue weighted by molar-refractivity contribution is 0.148. The maximum Gasteiger partial charge on any atom is 0.146 e. The molecule has 0 saturated carbocycles. The van der Waals surface area contributed by atoms with Gasteiger partial charge in [-0.1, -0.05) is 6.42 Å². The van der Waals surface area contributed by atoms with Gasteiger partial charge in [0, 0.05) is 6.04 Å². The van der Waals surface area contributed by atoms with Crippen LogP contribution in [0.2, 0.25) is 0 Å². The highest BCUT2D eigenvalue weighted by Gasteiger charge is 2.19. The van der Waals surface area contributed by atoms with Crippen molar-refractivity contribution in [3.8, 4) is 0 Å². The third kappa shape index (κ3) is 2.76. The Kier molecular flexibility index (Phi) is 3.49. The van der Waals surface area contributed by atoms with E-state index >= 15 is 0 Å². The fraction of sp³-hybridized carbons (Fsp3) is 0.750. The number of aryl methyl sites for hydroxylation is 2. The third-order valence-corrected chi connectivity index (χ3v) is 3.19. The molecule has 1 fully saturated rings. The highest BCUT2D eigenvalue weighted by Crippen LogP contribution is 2.17. The van der Waals surface area contributed by atoms with Crippen LogP contribution in [0.5, 0.6) is 0 Å². The Bertz CT molecular complexity index is 344. The molecule has 0 bridgehead atoms. The standard InChI is InChI=1S/C12H20N4/c1-9-6-4-5-7-16(9)8-12-14-10(2)13-11(3)15-12/h9H,4-8H2,1-3H3. The molecule has 1 aliphatic rings. The van der Waals surface area contributed by atoms with E-state index in [2.05, 4.69) is 26.8 Å². The van der Waals surface area contributed by atoms with Crippen molar-refractivity contribution in [2.75, 3.05) is 6.54 Å². The molecule has 0 aliphatic carbocycles. The molecule has 0 aromatic carbocycles. The first-order valence-corrected chi connectivity index (χ1v) is 6.07. The molecule has 1 aliphatic heterocycles. The van der Waals surface area contributed by atoms with E-state index in [0.29, 0.717) is 6.04 Å².